The van der Waals surface area contributed by atoms with Gasteiger partial charge in [-0.15, -0.1) is 11.3 Å². The summed E-state index contributed by atoms with van der Waals surface area (Å²) in [6.45, 7) is 1.08. The normalized spacial score (nSPS) is 17.4. The lowest BCUT2D eigenvalue weighted by Gasteiger charge is -2.16. The molecule has 1 aliphatic rings. The van der Waals surface area contributed by atoms with E-state index in [-0.39, 0.29) is 24.2 Å². The molecule has 3 rings (SSSR count). The summed E-state index contributed by atoms with van der Waals surface area (Å²) in [5.74, 6) is -0.616. The average molecular weight is 379 g/mol. The van der Waals surface area contributed by atoms with E-state index in [4.69, 9.17) is 11.6 Å². The smallest absolute Gasteiger partial charge is 0.231 e. The molecule has 1 N–H and O–H groups in total. The van der Waals surface area contributed by atoms with E-state index < -0.39 is 0 Å². The van der Waals surface area contributed by atoms with Crippen LogP contribution >= 0.6 is 22.9 Å². The van der Waals surface area contributed by atoms with Gasteiger partial charge < -0.3 is 15.1 Å². The Labute approximate surface area is 155 Å². The van der Waals surface area contributed by atoms with E-state index in [0.717, 1.165) is 17.9 Å². The molecule has 6 nitrogen and oxygen atoms in total. The molecule has 2 aromatic rings. The molecule has 1 atom stereocenters. The third-order valence-corrected chi connectivity index (χ3v) is 4.95. The predicted octanol–water partition coefficient (Wildman–Crippen LogP) is 2.85. The number of carbonyl (C=O) groups excluding carboxylic acids is 2. The lowest BCUT2D eigenvalue weighted by molar-refractivity contribution is -0.122. The molecule has 0 saturated carbocycles. The lowest BCUT2D eigenvalue weighted by atomic mass is 10.1. The highest BCUT2D eigenvalue weighted by molar-refractivity contribution is 7.13. The summed E-state index contributed by atoms with van der Waals surface area (Å²) in [5, 5.41) is 5.94. The van der Waals surface area contributed by atoms with E-state index in [1.54, 1.807) is 29.2 Å². The number of rotatable bonds is 5. The number of aromatic nitrogens is 1. The minimum atomic E-state index is -0.385. The molecular formula is C17H19ClN4O2S. The summed E-state index contributed by atoms with van der Waals surface area (Å²) in [6, 6.07) is 7.04. The first kappa shape index (κ1) is 17.8. The van der Waals surface area contributed by atoms with Gasteiger partial charge in [0.2, 0.25) is 11.8 Å². The molecule has 0 aliphatic carbocycles. The van der Waals surface area contributed by atoms with Gasteiger partial charge in [0.15, 0.2) is 5.13 Å². The third-order valence-electron chi connectivity index (χ3n) is 3.89. The fourth-order valence-electron chi connectivity index (χ4n) is 2.72. The van der Waals surface area contributed by atoms with Crippen LogP contribution in [0.3, 0.4) is 0 Å². The zero-order chi connectivity index (χ0) is 18.0. The minimum Gasteiger partial charge on any atom is -0.312 e. The second-order valence-corrected chi connectivity index (χ2v) is 7.55. The van der Waals surface area contributed by atoms with Crippen molar-refractivity contribution < 1.29 is 9.59 Å². The van der Waals surface area contributed by atoms with E-state index in [2.05, 4.69) is 10.3 Å². The van der Waals surface area contributed by atoms with Gasteiger partial charge in [-0.05, 0) is 38.4 Å². The van der Waals surface area contributed by atoms with Gasteiger partial charge in [-0.25, -0.2) is 4.98 Å². The molecule has 132 valence electrons. The summed E-state index contributed by atoms with van der Waals surface area (Å²) in [7, 11) is 3.93. The molecule has 0 radical (unpaired) electrons. The average Bonchev–Trinajstić information content (AvgIpc) is 3.14. The number of thiazole rings is 1. The molecule has 0 bridgehead atoms. The van der Waals surface area contributed by atoms with Crippen molar-refractivity contribution in [2.24, 2.45) is 5.92 Å². The Balaban J connectivity index is 1.62. The molecular weight excluding hydrogens is 360 g/mol. The van der Waals surface area contributed by atoms with Gasteiger partial charge in [0.1, 0.15) is 0 Å². The first-order valence-electron chi connectivity index (χ1n) is 7.88. The summed E-state index contributed by atoms with van der Waals surface area (Å²) in [4.78, 5) is 32.8. The van der Waals surface area contributed by atoms with Crippen LogP contribution in [-0.4, -0.2) is 42.3 Å². The van der Waals surface area contributed by atoms with Gasteiger partial charge in [-0.1, -0.05) is 11.6 Å². The van der Waals surface area contributed by atoms with Crippen LogP contribution in [-0.2, 0) is 16.1 Å². The Hall–Kier alpha value is -1.96. The topological polar surface area (TPSA) is 65.5 Å². The van der Waals surface area contributed by atoms with Crippen molar-refractivity contribution in [1.29, 1.82) is 0 Å². The molecule has 1 unspecified atom stereocenters. The molecule has 1 aromatic carbocycles. The SMILES string of the molecule is CN(C)Cc1csc(NC(=O)C2CC(=O)N(c3ccc(Cl)cc3)C2)n1. The maximum absolute atomic E-state index is 12.5. The highest BCUT2D eigenvalue weighted by Gasteiger charge is 2.35. The number of benzene rings is 1. The molecule has 1 aliphatic heterocycles. The zero-order valence-corrected chi connectivity index (χ0v) is 15.6. The number of halogens is 1. The number of hydrogen-bond acceptors (Lipinski definition) is 5. The van der Waals surface area contributed by atoms with Crippen molar-refractivity contribution in [3.63, 3.8) is 0 Å². The Kier molecular flexibility index (Phi) is 5.36. The number of nitrogens with zero attached hydrogens (tertiary/aromatic N) is 3. The van der Waals surface area contributed by atoms with Crippen LogP contribution in [0.25, 0.3) is 0 Å². The maximum Gasteiger partial charge on any atom is 0.231 e. The fraction of sp³-hybridized carbons (Fsp3) is 0.353. The summed E-state index contributed by atoms with van der Waals surface area (Å²) < 4.78 is 0. The number of carbonyl (C=O) groups is 2. The van der Waals surface area contributed by atoms with Gasteiger partial charge in [-0.2, -0.15) is 0 Å². The van der Waals surface area contributed by atoms with Crippen LogP contribution < -0.4 is 10.2 Å². The third kappa shape index (κ3) is 4.36. The van der Waals surface area contributed by atoms with Gasteiger partial charge in [0.05, 0.1) is 11.6 Å². The zero-order valence-electron chi connectivity index (χ0n) is 14.0. The molecule has 1 aromatic heterocycles. The van der Waals surface area contributed by atoms with E-state index in [0.29, 0.717) is 16.7 Å². The monoisotopic (exact) mass is 378 g/mol. The van der Waals surface area contributed by atoms with E-state index >= 15 is 0 Å². The van der Waals surface area contributed by atoms with Crippen molar-refractivity contribution in [1.82, 2.24) is 9.88 Å². The quantitative estimate of drug-likeness (QED) is 0.868. The lowest BCUT2D eigenvalue weighted by Crippen LogP contribution is -2.28. The highest BCUT2D eigenvalue weighted by Crippen LogP contribution is 2.27. The van der Waals surface area contributed by atoms with Gasteiger partial charge in [0.25, 0.3) is 0 Å². The molecule has 2 amide bonds. The molecule has 1 fully saturated rings. The van der Waals surface area contributed by atoms with Crippen molar-refractivity contribution in [3.8, 4) is 0 Å². The van der Waals surface area contributed by atoms with Crippen molar-refractivity contribution in [3.05, 3.63) is 40.4 Å². The molecule has 2 heterocycles. The standard InChI is InChI=1S/C17H19ClN4O2S/c1-21(2)9-13-10-25-17(19-13)20-16(24)11-7-15(23)22(8-11)14-5-3-12(18)4-6-14/h3-6,10-11H,7-9H2,1-2H3,(H,19,20,24). The van der Waals surface area contributed by atoms with Gasteiger partial charge in [-0.3, -0.25) is 9.59 Å². The Morgan fingerprint density at radius 2 is 2.12 bits per heavy atom. The Morgan fingerprint density at radius 3 is 2.80 bits per heavy atom. The van der Waals surface area contributed by atoms with Gasteiger partial charge >= 0.3 is 0 Å². The van der Waals surface area contributed by atoms with E-state index in [1.165, 1.54) is 11.3 Å². The van der Waals surface area contributed by atoms with Crippen LogP contribution in [0.5, 0.6) is 0 Å². The van der Waals surface area contributed by atoms with E-state index in [1.807, 2.05) is 24.4 Å². The van der Waals surface area contributed by atoms with Crippen LogP contribution in [0.1, 0.15) is 12.1 Å². The van der Waals surface area contributed by atoms with Crippen LogP contribution in [0.2, 0.25) is 5.02 Å². The molecule has 8 heteroatoms. The van der Waals surface area contributed by atoms with Crippen molar-refractivity contribution >= 4 is 45.6 Å². The van der Waals surface area contributed by atoms with Crippen LogP contribution in [0, 0.1) is 5.92 Å². The van der Waals surface area contributed by atoms with E-state index in [9.17, 15) is 9.59 Å². The molecule has 1 saturated heterocycles. The number of amides is 2. The van der Waals surface area contributed by atoms with Crippen molar-refractivity contribution in [2.45, 2.75) is 13.0 Å². The second kappa shape index (κ2) is 7.51. The summed E-state index contributed by atoms with van der Waals surface area (Å²) in [6.07, 6.45) is 0.199. The summed E-state index contributed by atoms with van der Waals surface area (Å²) in [5.41, 5.74) is 1.67. The maximum atomic E-state index is 12.5. The molecule has 0 spiro atoms. The number of hydrogen-bond donors (Lipinski definition) is 1. The minimum absolute atomic E-state index is 0.0603. The van der Waals surface area contributed by atoms with Crippen molar-refractivity contribution in [2.75, 3.05) is 30.9 Å². The Bertz CT molecular complexity index is 775. The Morgan fingerprint density at radius 1 is 1.40 bits per heavy atom. The first-order valence-corrected chi connectivity index (χ1v) is 9.14. The fourth-order valence-corrected chi connectivity index (χ4v) is 3.55. The largest absolute Gasteiger partial charge is 0.312 e. The number of anilines is 2. The molecule has 25 heavy (non-hydrogen) atoms. The first-order chi connectivity index (χ1) is 11.9. The van der Waals surface area contributed by atoms with Crippen LogP contribution in [0.4, 0.5) is 10.8 Å². The highest BCUT2D eigenvalue weighted by atomic mass is 35.5. The van der Waals surface area contributed by atoms with Gasteiger partial charge in [0, 0.05) is 35.6 Å². The van der Waals surface area contributed by atoms with Crippen LogP contribution in [0.15, 0.2) is 29.6 Å². The number of nitrogens with one attached hydrogen (secondary N) is 1. The summed E-state index contributed by atoms with van der Waals surface area (Å²) >= 11 is 7.28. The second-order valence-electron chi connectivity index (χ2n) is 6.25. The predicted molar refractivity (Wildman–Crippen MR) is 100 cm³/mol.